The van der Waals surface area contributed by atoms with E-state index in [1.54, 1.807) is 13.0 Å². The van der Waals surface area contributed by atoms with Gasteiger partial charge in [0, 0.05) is 12.1 Å². The lowest BCUT2D eigenvalue weighted by Crippen LogP contribution is -2.12. The summed E-state index contributed by atoms with van der Waals surface area (Å²) in [5, 5.41) is 11.8. The molecule has 0 spiro atoms. The summed E-state index contributed by atoms with van der Waals surface area (Å²) in [4.78, 5) is 10.8. The number of carbonyl (C=O) groups is 1. The monoisotopic (exact) mass is 281 g/mol. The number of aromatic carboxylic acids is 1. The van der Waals surface area contributed by atoms with Gasteiger partial charge < -0.3 is 14.8 Å². The average Bonchev–Trinajstić information content (AvgIpc) is 2.75. The number of carboxylic acid groups (broad SMARTS) is 1. The lowest BCUT2D eigenvalue weighted by Gasteiger charge is -2.03. The van der Waals surface area contributed by atoms with E-state index in [1.807, 2.05) is 0 Å². The number of rotatable bonds is 5. The van der Waals surface area contributed by atoms with Crippen LogP contribution in [0.4, 0.5) is 8.78 Å². The summed E-state index contributed by atoms with van der Waals surface area (Å²) in [5.74, 6) is -2.51. The van der Waals surface area contributed by atoms with Crippen molar-refractivity contribution in [3.63, 3.8) is 0 Å². The minimum absolute atomic E-state index is 0.0883. The van der Waals surface area contributed by atoms with Crippen molar-refractivity contribution in [3.8, 4) is 0 Å². The summed E-state index contributed by atoms with van der Waals surface area (Å²) in [6.07, 6.45) is 0. The first-order valence-corrected chi connectivity index (χ1v) is 5.94. The molecule has 20 heavy (non-hydrogen) atoms. The van der Waals surface area contributed by atoms with E-state index in [1.165, 1.54) is 6.07 Å². The summed E-state index contributed by atoms with van der Waals surface area (Å²) in [6.45, 7) is 2.26. The van der Waals surface area contributed by atoms with Gasteiger partial charge in [0.15, 0.2) is 11.6 Å². The van der Waals surface area contributed by atoms with Crippen molar-refractivity contribution in [1.29, 1.82) is 0 Å². The molecule has 0 amide bonds. The van der Waals surface area contributed by atoms with Gasteiger partial charge in [-0.25, -0.2) is 13.6 Å². The van der Waals surface area contributed by atoms with Gasteiger partial charge in [-0.05, 0) is 30.7 Å². The van der Waals surface area contributed by atoms with E-state index in [0.29, 0.717) is 30.0 Å². The number of hydrogen-bond acceptors (Lipinski definition) is 3. The molecule has 0 saturated carbocycles. The van der Waals surface area contributed by atoms with Crippen LogP contribution in [-0.4, -0.2) is 11.1 Å². The SMILES string of the molecule is Cc1cc(CNCc2ccc(F)c(F)c2)oc1C(=O)O. The van der Waals surface area contributed by atoms with Crippen molar-refractivity contribution in [2.45, 2.75) is 20.0 Å². The van der Waals surface area contributed by atoms with E-state index in [-0.39, 0.29) is 5.76 Å². The molecule has 0 bridgehead atoms. The summed E-state index contributed by atoms with van der Waals surface area (Å²) < 4.78 is 30.9. The molecule has 2 aromatic rings. The van der Waals surface area contributed by atoms with Crippen LogP contribution in [0.15, 0.2) is 28.7 Å². The van der Waals surface area contributed by atoms with Crippen LogP contribution in [0, 0.1) is 18.6 Å². The number of benzene rings is 1. The third-order valence-electron chi connectivity index (χ3n) is 2.78. The largest absolute Gasteiger partial charge is 0.475 e. The fourth-order valence-corrected chi connectivity index (χ4v) is 1.83. The molecular weight excluding hydrogens is 268 g/mol. The number of carboxylic acids is 1. The topological polar surface area (TPSA) is 62.5 Å². The standard InChI is InChI=1S/C14H13F2NO3/c1-8-4-10(20-13(8)14(18)19)7-17-6-9-2-3-11(15)12(16)5-9/h2-5,17H,6-7H2,1H3,(H,18,19). The van der Waals surface area contributed by atoms with Gasteiger partial charge in [-0.15, -0.1) is 0 Å². The Morgan fingerprint density at radius 3 is 2.60 bits per heavy atom. The summed E-state index contributed by atoms with van der Waals surface area (Å²) in [5.41, 5.74) is 1.13. The Morgan fingerprint density at radius 1 is 1.25 bits per heavy atom. The maximum Gasteiger partial charge on any atom is 0.372 e. The molecule has 2 N–H and O–H groups in total. The van der Waals surface area contributed by atoms with E-state index in [0.717, 1.165) is 12.1 Å². The number of aryl methyl sites for hydroxylation is 1. The first kappa shape index (κ1) is 14.2. The first-order valence-electron chi connectivity index (χ1n) is 5.94. The fraction of sp³-hybridized carbons (Fsp3) is 0.214. The van der Waals surface area contributed by atoms with Crippen LogP contribution in [0.1, 0.15) is 27.4 Å². The molecule has 2 rings (SSSR count). The summed E-state index contributed by atoms with van der Waals surface area (Å²) >= 11 is 0. The van der Waals surface area contributed by atoms with Gasteiger partial charge in [-0.1, -0.05) is 6.07 Å². The van der Waals surface area contributed by atoms with Crippen LogP contribution >= 0.6 is 0 Å². The van der Waals surface area contributed by atoms with Crippen molar-refractivity contribution in [1.82, 2.24) is 5.32 Å². The molecular formula is C14H13F2NO3. The Kier molecular flexibility index (Phi) is 4.14. The second-order valence-electron chi connectivity index (χ2n) is 4.38. The Bertz CT molecular complexity index is 637. The van der Waals surface area contributed by atoms with E-state index in [9.17, 15) is 13.6 Å². The zero-order valence-electron chi connectivity index (χ0n) is 10.7. The zero-order valence-corrected chi connectivity index (χ0v) is 10.7. The maximum absolute atomic E-state index is 13.0. The Morgan fingerprint density at radius 2 is 2.00 bits per heavy atom. The van der Waals surface area contributed by atoms with E-state index < -0.39 is 17.6 Å². The smallest absolute Gasteiger partial charge is 0.372 e. The quantitative estimate of drug-likeness (QED) is 0.884. The summed E-state index contributed by atoms with van der Waals surface area (Å²) in [6, 6.07) is 5.27. The molecule has 0 radical (unpaired) electrons. The molecule has 1 aromatic carbocycles. The van der Waals surface area contributed by atoms with Gasteiger partial charge >= 0.3 is 5.97 Å². The predicted octanol–water partition coefficient (Wildman–Crippen LogP) is 2.85. The van der Waals surface area contributed by atoms with Crippen LogP contribution in [0.25, 0.3) is 0 Å². The number of hydrogen-bond donors (Lipinski definition) is 2. The van der Waals surface area contributed by atoms with Gasteiger partial charge in [0.05, 0.1) is 6.54 Å². The highest BCUT2D eigenvalue weighted by molar-refractivity contribution is 5.86. The number of furan rings is 1. The lowest BCUT2D eigenvalue weighted by molar-refractivity contribution is 0.0659. The minimum Gasteiger partial charge on any atom is -0.475 e. The number of nitrogens with one attached hydrogen (secondary N) is 1. The molecule has 0 unspecified atom stereocenters. The van der Waals surface area contributed by atoms with Gasteiger partial charge in [0.2, 0.25) is 5.76 Å². The van der Waals surface area contributed by atoms with Crippen molar-refractivity contribution in [2.75, 3.05) is 0 Å². The summed E-state index contributed by atoms with van der Waals surface area (Å²) in [7, 11) is 0. The molecule has 0 aliphatic rings. The molecule has 0 atom stereocenters. The van der Waals surface area contributed by atoms with E-state index in [2.05, 4.69) is 5.32 Å². The molecule has 6 heteroatoms. The average molecular weight is 281 g/mol. The molecule has 0 aliphatic heterocycles. The van der Waals surface area contributed by atoms with Crippen molar-refractivity contribution in [3.05, 3.63) is 58.5 Å². The van der Waals surface area contributed by atoms with Gasteiger partial charge in [0.25, 0.3) is 0 Å². The van der Waals surface area contributed by atoms with Crippen molar-refractivity contribution < 1.29 is 23.1 Å². The maximum atomic E-state index is 13.0. The molecule has 0 saturated heterocycles. The van der Waals surface area contributed by atoms with Crippen LogP contribution in [-0.2, 0) is 13.1 Å². The van der Waals surface area contributed by atoms with Crippen LogP contribution in [0.2, 0.25) is 0 Å². The van der Waals surface area contributed by atoms with Gasteiger partial charge in [-0.3, -0.25) is 0 Å². The molecule has 106 valence electrons. The minimum atomic E-state index is -1.12. The van der Waals surface area contributed by atoms with Crippen molar-refractivity contribution in [2.24, 2.45) is 0 Å². The fourth-order valence-electron chi connectivity index (χ4n) is 1.83. The Balaban J connectivity index is 1.94. The number of halogens is 2. The normalized spacial score (nSPS) is 10.8. The molecule has 1 heterocycles. The molecule has 0 aliphatic carbocycles. The zero-order chi connectivity index (χ0) is 14.7. The van der Waals surface area contributed by atoms with E-state index >= 15 is 0 Å². The van der Waals surface area contributed by atoms with Crippen LogP contribution in [0.5, 0.6) is 0 Å². The van der Waals surface area contributed by atoms with Crippen LogP contribution < -0.4 is 5.32 Å². The van der Waals surface area contributed by atoms with Crippen LogP contribution in [0.3, 0.4) is 0 Å². The molecule has 4 nitrogen and oxygen atoms in total. The molecule has 1 aromatic heterocycles. The Hall–Kier alpha value is -2.21. The highest BCUT2D eigenvalue weighted by atomic mass is 19.2. The lowest BCUT2D eigenvalue weighted by atomic mass is 10.2. The highest BCUT2D eigenvalue weighted by Gasteiger charge is 2.13. The second-order valence-corrected chi connectivity index (χ2v) is 4.38. The van der Waals surface area contributed by atoms with E-state index in [4.69, 9.17) is 9.52 Å². The van der Waals surface area contributed by atoms with Gasteiger partial charge in [0.1, 0.15) is 5.76 Å². The third-order valence-corrected chi connectivity index (χ3v) is 2.78. The van der Waals surface area contributed by atoms with Crippen molar-refractivity contribution >= 4 is 5.97 Å². The highest BCUT2D eigenvalue weighted by Crippen LogP contribution is 2.15. The Labute approximate surface area is 114 Å². The second kappa shape index (κ2) is 5.83. The molecule has 0 fully saturated rings. The first-order chi connectivity index (χ1) is 9.47. The third kappa shape index (κ3) is 3.21. The van der Waals surface area contributed by atoms with Gasteiger partial charge in [-0.2, -0.15) is 0 Å². The predicted molar refractivity (Wildman–Crippen MR) is 67.3 cm³/mol.